The summed E-state index contributed by atoms with van der Waals surface area (Å²) in [5, 5.41) is 10.1. The molecule has 1 aromatic carbocycles. The predicted octanol–water partition coefficient (Wildman–Crippen LogP) is 1.69. The van der Waals surface area contributed by atoms with Gasteiger partial charge in [-0.3, -0.25) is 9.78 Å². The molecule has 2 aromatic rings. The first-order valence-corrected chi connectivity index (χ1v) is 8.01. The van der Waals surface area contributed by atoms with E-state index >= 15 is 0 Å². The molecule has 0 aliphatic carbocycles. The molecule has 24 heavy (non-hydrogen) atoms. The molecule has 1 aliphatic rings. The summed E-state index contributed by atoms with van der Waals surface area (Å²) in [7, 11) is 1.49. The summed E-state index contributed by atoms with van der Waals surface area (Å²) in [6.07, 6.45) is 5.14. The Hall–Kier alpha value is -2.47. The molecule has 3 rings (SSSR count). The van der Waals surface area contributed by atoms with E-state index in [0.717, 1.165) is 18.4 Å². The molecule has 1 unspecified atom stereocenters. The smallest absolute Gasteiger partial charge is 0.274 e. The summed E-state index contributed by atoms with van der Waals surface area (Å²) in [6.45, 7) is 0.524. The standard InChI is InChI=1S/C18H21N3O3/c1-24-16-12-19-11-15(20-16)17(23)21-9-5-8-18(21,13-22)10-14-6-3-2-4-7-14/h2-4,6-7,11-12,22H,5,8-10,13H2,1H3. The predicted molar refractivity (Wildman–Crippen MR) is 88.8 cm³/mol. The molecule has 1 N–H and O–H groups in total. The summed E-state index contributed by atoms with van der Waals surface area (Å²) in [6, 6.07) is 9.93. The van der Waals surface area contributed by atoms with E-state index in [1.54, 1.807) is 4.90 Å². The Kier molecular flexibility index (Phi) is 4.76. The van der Waals surface area contributed by atoms with E-state index in [1.807, 2.05) is 30.3 Å². The van der Waals surface area contributed by atoms with Gasteiger partial charge < -0.3 is 14.7 Å². The van der Waals surface area contributed by atoms with Crippen molar-refractivity contribution in [1.82, 2.24) is 14.9 Å². The van der Waals surface area contributed by atoms with E-state index in [9.17, 15) is 9.90 Å². The summed E-state index contributed by atoms with van der Waals surface area (Å²) < 4.78 is 5.05. The zero-order chi connectivity index (χ0) is 17.0. The zero-order valence-corrected chi connectivity index (χ0v) is 13.7. The van der Waals surface area contributed by atoms with E-state index < -0.39 is 5.54 Å². The quantitative estimate of drug-likeness (QED) is 0.904. The van der Waals surface area contributed by atoms with Crippen LogP contribution in [-0.4, -0.2) is 51.7 Å². The van der Waals surface area contributed by atoms with Crippen molar-refractivity contribution in [2.75, 3.05) is 20.3 Å². The number of hydrogen-bond acceptors (Lipinski definition) is 5. The van der Waals surface area contributed by atoms with Gasteiger partial charge in [-0.15, -0.1) is 0 Å². The Morgan fingerprint density at radius 1 is 1.33 bits per heavy atom. The van der Waals surface area contributed by atoms with Crippen molar-refractivity contribution in [1.29, 1.82) is 0 Å². The van der Waals surface area contributed by atoms with Gasteiger partial charge >= 0.3 is 0 Å². The molecule has 126 valence electrons. The normalized spacial score (nSPS) is 20.2. The third-order valence-electron chi connectivity index (χ3n) is 4.55. The average Bonchev–Trinajstić information content (AvgIpc) is 3.06. The number of aliphatic hydroxyl groups excluding tert-OH is 1. The molecule has 0 bridgehead atoms. The Morgan fingerprint density at radius 2 is 2.12 bits per heavy atom. The van der Waals surface area contributed by atoms with Crippen molar-refractivity contribution >= 4 is 5.91 Å². The van der Waals surface area contributed by atoms with Crippen LogP contribution in [0, 0.1) is 0 Å². The molecule has 0 spiro atoms. The molecule has 1 aromatic heterocycles. The number of carbonyl (C=O) groups is 1. The van der Waals surface area contributed by atoms with Gasteiger partial charge in [-0.1, -0.05) is 30.3 Å². The van der Waals surface area contributed by atoms with Crippen molar-refractivity contribution in [2.45, 2.75) is 24.8 Å². The minimum Gasteiger partial charge on any atom is -0.480 e. The van der Waals surface area contributed by atoms with Gasteiger partial charge in [0.15, 0.2) is 5.69 Å². The molecule has 0 saturated carbocycles. The Morgan fingerprint density at radius 3 is 2.83 bits per heavy atom. The molecule has 1 atom stereocenters. The summed E-state index contributed by atoms with van der Waals surface area (Å²) >= 11 is 0. The summed E-state index contributed by atoms with van der Waals surface area (Å²) in [5.41, 5.74) is 0.744. The molecule has 6 heteroatoms. The second-order valence-electron chi connectivity index (χ2n) is 6.05. The lowest BCUT2D eigenvalue weighted by Crippen LogP contribution is -2.51. The van der Waals surface area contributed by atoms with E-state index in [4.69, 9.17) is 4.74 Å². The van der Waals surface area contributed by atoms with Gasteiger partial charge in [-0.25, -0.2) is 4.98 Å². The third-order valence-corrected chi connectivity index (χ3v) is 4.55. The second kappa shape index (κ2) is 6.97. The number of hydrogen-bond donors (Lipinski definition) is 1. The first-order chi connectivity index (χ1) is 11.7. The maximum Gasteiger partial charge on any atom is 0.274 e. The molecule has 0 radical (unpaired) electrons. The van der Waals surface area contributed by atoms with Gasteiger partial charge in [0.1, 0.15) is 0 Å². The minimum absolute atomic E-state index is 0.0783. The van der Waals surface area contributed by atoms with Crippen LogP contribution in [0.2, 0.25) is 0 Å². The fraction of sp³-hybridized carbons (Fsp3) is 0.389. The van der Waals surface area contributed by atoms with Gasteiger partial charge in [-0.2, -0.15) is 0 Å². The molecule has 1 fully saturated rings. The Balaban J connectivity index is 1.88. The number of carbonyl (C=O) groups excluding carboxylic acids is 1. The molecule has 6 nitrogen and oxygen atoms in total. The highest BCUT2D eigenvalue weighted by molar-refractivity contribution is 5.93. The van der Waals surface area contributed by atoms with Crippen LogP contribution in [0.5, 0.6) is 5.88 Å². The van der Waals surface area contributed by atoms with Crippen LogP contribution >= 0.6 is 0 Å². The number of rotatable bonds is 5. The molecule has 1 amide bonds. The van der Waals surface area contributed by atoms with Crippen LogP contribution in [0.3, 0.4) is 0 Å². The number of nitrogens with zero attached hydrogens (tertiary/aromatic N) is 3. The number of amides is 1. The summed E-state index contributed by atoms with van der Waals surface area (Å²) in [4.78, 5) is 22.9. The largest absolute Gasteiger partial charge is 0.480 e. The van der Waals surface area contributed by atoms with Crippen molar-refractivity contribution in [3.8, 4) is 5.88 Å². The topological polar surface area (TPSA) is 75.5 Å². The van der Waals surface area contributed by atoms with Gasteiger partial charge in [0.25, 0.3) is 5.91 Å². The molecular weight excluding hydrogens is 306 g/mol. The summed E-state index contributed by atoms with van der Waals surface area (Å²) in [5.74, 6) is 0.0848. The maximum atomic E-state index is 12.9. The van der Waals surface area contributed by atoms with Gasteiger partial charge in [0.2, 0.25) is 5.88 Å². The van der Waals surface area contributed by atoms with E-state index in [-0.39, 0.29) is 18.2 Å². The highest BCUT2D eigenvalue weighted by Crippen LogP contribution is 2.33. The van der Waals surface area contributed by atoms with Crippen LogP contribution in [-0.2, 0) is 6.42 Å². The number of likely N-dealkylation sites (tertiary alicyclic amines) is 1. The van der Waals surface area contributed by atoms with Crippen LogP contribution in [0.4, 0.5) is 0 Å². The highest BCUT2D eigenvalue weighted by atomic mass is 16.5. The lowest BCUT2D eigenvalue weighted by molar-refractivity contribution is 0.0406. The lowest BCUT2D eigenvalue weighted by atomic mass is 9.88. The fourth-order valence-electron chi connectivity index (χ4n) is 3.32. The zero-order valence-electron chi connectivity index (χ0n) is 13.7. The molecule has 1 aliphatic heterocycles. The van der Waals surface area contributed by atoms with Crippen LogP contribution < -0.4 is 4.74 Å². The van der Waals surface area contributed by atoms with Crippen LogP contribution in [0.1, 0.15) is 28.9 Å². The van der Waals surface area contributed by atoms with Crippen molar-refractivity contribution < 1.29 is 14.6 Å². The monoisotopic (exact) mass is 327 g/mol. The highest BCUT2D eigenvalue weighted by Gasteiger charge is 2.43. The number of benzene rings is 1. The van der Waals surface area contributed by atoms with Gasteiger partial charge in [0, 0.05) is 6.54 Å². The van der Waals surface area contributed by atoms with Crippen LogP contribution in [0.25, 0.3) is 0 Å². The number of aromatic nitrogens is 2. The fourth-order valence-corrected chi connectivity index (χ4v) is 3.32. The van der Waals surface area contributed by atoms with Crippen molar-refractivity contribution in [2.24, 2.45) is 0 Å². The Bertz CT molecular complexity index is 708. The van der Waals surface area contributed by atoms with Gasteiger partial charge in [0.05, 0.1) is 31.6 Å². The Labute approximate surface area is 141 Å². The minimum atomic E-state index is -0.594. The van der Waals surface area contributed by atoms with Crippen molar-refractivity contribution in [3.63, 3.8) is 0 Å². The van der Waals surface area contributed by atoms with E-state index in [2.05, 4.69) is 9.97 Å². The third kappa shape index (κ3) is 3.10. The number of methoxy groups -OCH3 is 1. The van der Waals surface area contributed by atoms with E-state index in [0.29, 0.717) is 18.8 Å². The maximum absolute atomic E-state index is 12.9. The van der Waals surface area contributed by atoms with Crippen molar-refractivity contribution in [3.05, 3.63) is 54.0 Å². The average molecular weight is 327 g/mol. The number of aliphatic hydroxyl groups is 1. The molecule has 2 heterocycles. The van der Waals surface area contributed by atoms with Crippen LogP contribution in [0.15, 0.2) is 42.7 Å². The first-order valence-electron chi connectivity index (χ1n) is 8.01. The van der Waals surface area contributed by atoms with Gasteiger partial charge in [-0.05, 0) is 24.8 Å². The lowest BCUT2D eigenvalue weighted by Gasteiger charge is -2.37. The SMILES string of the molecule is COc1cncc(C(=O)N2CCCC2(CO)Cc2ccccc2)n1. The van der Waals surface area contributed by atoms with E-state index in [1.165, 1.54) is 19.5 Å². The molecule has 1 saturated heterocycles. The molecular formula is C18H21N3O3. The second-order valence-corrected chi connectivity index (χ2v) is 6.05. The number of ether oxygens (including phenoxy) is 1. The first kappa shape index (κ1) is 16.4.